The molecule has 3 rings (SSSR count). The number of nitrogens with one attached hydrogen (secondary N) is 1. The van der Waals surface area contributed by atoms with E-state index in [2.05, 4.69) is 20.7 Å². The van der Waals surface area contributed by atoms with E-state index in [4.69, 9.17) is 4.74 Å². The van der Waals surface area contributed by atoms with Crippen molar-refractivity contribution in [2.75, 3.05) is 19.0 Å². The number of fused-ring (bicyclic) bond motifs is 1. The number of anilines is 1. The van der Waals surface area contributed by atoms with Crippen molar-refractivity contribution in [3.63, 3.8) is 0 Å². The zero-order valence-corrected chi connectivity index (χ0v) is 10.4. The Balaban J connectivity index is 2.12. The molecule has 1 N–H and O–H groups in total. The van der Waals surface area contributed by atoms with Gasteiger partial charge in [-0.3, -0.25) is 0 Å². The van der Waals surface area contributed by atoms with Gasteiger partial charge in [-0.05, 0) is 11.4 Å². The zero-order chi connectivity index (χ0) is 11.7. The third kappa shape index (κ3) is 1.92. The Morgan fingerprint density at radius 2 is 2.35 bits per heavy atom. The maximum Gasteiger partial charge on any atom is 0.162 e. The fraction of sp³-hybridized carbons (Fsp3) is 0.333. The van der Waals surface area contributed by atoms with Crippen LogP contribution in [-0.2, 0) is 17.8 Å². The maximum absolute atomic E-state index is 5.45. The highest BCUT2D eigenvalue weighted by Gasteiger charge is 2.18. The van der Waals surface area contributed by atoms with E-state index in [0.717, 1.165) is 41.5 Å². The summed E-state index contributed by atoms with van der Waals surface area (Å²) in [5.41, 5.74) is 3.29. The molecule has 2 aromatic heterocycles. The van der Waals surface area contributed by atoms with Gasteiger partial charge in [0.05, 0.1) is 18.9 Å². The van der Waals surface area contributed by atoms with E-state index in [1.165, 1.54) is 0 Å². The number of ether oxygens (including phenoxy) is 1. The second kappa shape index (κ2) is 4.43. The highest BCUT2D eigenvalue weighted by Crippen LogP contribution is 2.26. The number of hydrogen-bond acceptors (Lipinski definition) is 5. The lowest BCUT2D eigenvalue weighted by Crippen LogP contribution is -2.16. The Hall–Kier alpha value is -1.46. The molecule has 0 amide bonds. The summed E-state index contributed by atoms with van der Waals surface area (Å²) < 4.78 is 5.45. The molecular formula is C12H13N3OS. The van der Waals surface area contributed by atoms with Crippen molar-refractivity contribution in [3.8, 4) is 11.4 Å². The molecule has 0 aromatic carbocycles. The molecule has 0 fully saturated rings. The van der Waals surface area contributed by atoms with Gasteiger partial charge in [0.1, 0.15) is 5.82 Å². The number of aromatic nitrogens is 2. The van der Waals surface area contributed by atoms with Gasteiger partial charge in [-0.1, -0.05) is 0 Å². The van der Waals surface area contributed by atoms with Crippen LogP contribution in [-0.4, -0.2) is 23.6 Å². The normalized spacial score (nSPS) is 14.4. The molecule has 1 aliphatic rings. The average molecular weight is 247 g/mol. The molecule has 0 saturated heterocycles. The molecule has 0 aliphatic carbocycles. The van der Waals surface area contributed by atoms with Gasteiger partial charge >= 0.3 is 0 Å². The monoisotopic (exact) mass is 247 g/mol. The lowest BCUT2D eigenvalue weighted by atomic mass is 10.1. The summed E-state index contributed by atoms with van der Waals surface area (Å²) in [7, 11) is 1.88. The van der Waals surface area contributed by atoms with Crippen LogP contribution in [0.25, 0.3) is 11.4 Å². The van der Waals surface area contributed by atoms with Crippen LogP contribution in [0.1, 0.15) is 11.3 Å². The molecule has 88 valence electrons. The SMILES string of the molecule is CNc1nc(-c2ccsc2)nc2c1COCC2. The zero-order valence-electron chi connectivity index (χ0n) is 9.56. The predicted molar refractivity (Wildman–Crippen MR) is 68.3 cm³/mol. The molecule has 2 aromatic rings. The summed E-state index contributed by atoms with van der Waals surface area (Å²) in [5.74, 6) is 1.69. The van der Waals surface area contributed by atoms with E-state index >= 15 is 0 Å². The first kappa shape index (κ1) is 10.7. The predicted octanol–water partition coefficient (Wildman–Crippen LogP) is 2.32. The second-order valence-electron chi connectivity index (χ2n) is 3.89. The first-order valence-corrected chi connectivity index (χ1v) is 6.50. The minimum atomic E-state index is 0.607. The summed E-state index contributed by atoms with van der Waals surface area (Å²) in [6.07, 6.45) is 0.865. The maximum atomic E-state index is 5.45. The van der Waals surface area contributed by atoms with Crippen LogP contribution in [0.3, 0.4) is 0 Å². The molecule has 3 heterocycles. The van der Waals surface area contributed by atoms with Crippen LogP contribution in [0.15, 0.2) is 16.8 Å². The van der Waals surface area contributed by atoms with Crippen molar-refractivity contribution in [2.45, 2.75) is 13.0 Å². The first-order valence-electron chi connectivity index (χ1n) is 5.56. The van der Waals surface area contributed by atoms with Gasteiger partial charge in [0.25, 0.3) is 0 Å². The highest BCUT2D eigenvalue weighted by molar-refractivity contribution is 7.08. The minimum absolute atomic E-state index is 0.607. The number of hydrogen-bond donors (Lipinski definition) is 1. The fourth-order valence-corrected chi connectivity index (χ4v) is 2.59. The van der Waals surface area contributed by atoms with Gasteiger partial charge in [-0.15, -0.1) is 0 Å². The fourth-order valence-electron chi connectivity index (χ4n) is 1.96. The van der Waals surface area contributed by atoms with Crippen LogP contribution >= 0.6 is 11.3 Å². The van der Waals surface area contributed by atoms with Crippen molar-refractivity contribution in [1.82, 2.24) is 9.97 Å². The quantitative estimate of drug-likeness (QED) is 0.884. The van der Waals surface area contributed by atoms with Gasteiger partial charge < -0.3 is 10.1 Å². The summed E-state index contributed by atoms with van der Waals surface area (Å²) in [4.78, 5) is 9.19. The van der Waals surface area contributed by atoms with Gasteiger partial charge in [0.15, 0.2) is 5.82 Å². The molecular weight excluding hydrogens is 234 g/mol. The summed E-state index contributed by atoms with van der Waals surface area (Å²) >= 11 is 1.66. The molecule has 17 heavy (non-hydrogen) atoms. The standard InChI is InChI=1S/C12H13N3OS/c1-13-12-9-6-16-4-2-10(9)14-11(15-12)8-3-5-17-7-8/h3,5,7H,2,4,6H2,1H3,(H,13,14,15). The summed E-state index contributed by atoms with van der Waals surface area (Å²) in [6, 6.07) is 2.05. The molecule has 0 radical (unpaired) electrons. The van der Waals surface area contributed by atoms with E-state index in [9.17, 15) is 0 Å². The Labute approximate surface area is 104 Å². The Bertz CT molecular complexity index is 508. The number of rotatable bonds is 2. The molecule has 0 bridgehead atoms. The Morgan fingerprint density at radius 1 is 1.41 bits per heavy atom. The third-order valence-corrected chi connectivity index (χ3v) is 3.52. The topological polar surface area (TPSA) is 47.0 Å². The van der Waals surface area contributed by atoms with Crippen molar-refractivity contribution < 1.29 is 4.74 Å². The van der Waals surface area contributed by atoms with Crippen LogP contribution in [0.2, 0.25) is 0 Å². The van der Waals surface area contributed by atoms with Crippen molar-refractivity contribution in [1.29, 1.82) is 0 Å². The summed E-state index contributed by atoms with van der Waals surface area (Å²) in [6.45, 7) is 1.35. The number of nitrogens with zero attached hydrogens (tertiary/aromatic N) is 2. The van der Waals surface area contributed by atoms with E-state index in [1.54, 1.807) is 11.3 Å². The summed E-state index contributed by atoms with van der Waals surface area (Å²) in [5, 5.41) is 7.24. The molecule has 1 aliphatic heterocycles. The highest BCUT2D eigenvalue weighted by atomic mass is 32.1. The van der Waals surface area contributed by atoms with E-state index in [0.29, 0.717) is 6.61 Å². The van der Waals surface area contributed by atoms with Gasteiger partial charge in [0, 0.05) is 30.0 Å². The minimum Gasteiger partial charge on any atom is -0.376 e. The van der Waals surface area contributed by atoms with Crippen LogP contribution in [0.5, 0.6) is 0 Å². The van der Waals surface area contributed by atoms with Crippen LogP contribution in [0, 0.1) is 0 Å². The van der Waals surface area contributed by atoms with Crippen molar-refractivity contribution in [2.24, 2.45) is 0 Å². The smallest absolute Gasteiger partial charge is 0.162 e. The van der Waals surface area contributed by atoms with Gasteiger partial charge in [-0.25, -0.2) is 9.97 Å². The molecule has 0 spiro atoms. The first-order chi connectivity index (χ1) is 8.38. The second-order valence-corrected chi connectivity index (χ2v) is 4.67. The average Bonchev–Trinajstić information content (AvgIpc) is 2.91. The molecule has 5 heteroatoms. The lowest BCUT2D eigenvalue weighted by molar-refractivity contribution is 0.109. The van der Waals surface area contributed by atoms with Crippen LogP contribution in [0.4, 0.5) is 5.82 Å². The van der Waals surface area contributed by atoms with Crippen molar-refractivity contribution in [3.05, 3.63) is 28.1 Å². The van der Waals surface area contributed by atoms with Gasteiger partial charge in [-0.2, -0.15) is 11.3 Å². The van der Waals surface area contributed by atoms with Crippen LogP contribution < -0.4 is 5.32 Å². The van der Waals surface area contributed by atoms with Crippen molar-refractivity contribution >= 4 is 17.2 Å². The largest absolute Gasteiger partial charge is 0.376 e. The molecule has 0 atom stereocenters. The molecule has 4 nitrogen and oxygen atoms in total. The lowest BCUT2D eigenvalue weighted by Gasteiger charge is -2.19. The van der Waals surface area contributed by atoms with E-state index in [1.807, 2.05) is 18.5 Å². The van der Waals surface area contributed by atoms with E-state index in [-0.39, 0.29) is 0 Å². The number of thiophene rings is 1. The molecule has 0 unspecified atom stereocenters. The van der Waals surface area contributed by atoms with Gasteiger partial charge in [0.2, 0.25) is 0 Å². The molecule has 0 saturated carbocycles. The Morgan fingerprint density at radius 3 is 3.12 bits per heavy atom. The van der Waals surface area contributed by atoms with E-state index < -0.39 is 0 Å². The third-order valence-electron chi connectivity index (χ3n) is 2.84. The Kier molecular flexibility index (Phi) is 2.78.